The van der Waals surface area contributed by atoms with E-state index in [1.54, 1.807) is 0 Å². The molecule has 2 heterocycles. The summed E-state index contributed by atoms with van der Waals surface area (Å²) in [6.45, 7) is 1.52. The lowest BCUT2D eigenvalue weighted by atomic mass is 10.2. The highest BCUT2D eigenvalue weighted by Gasteiger charge is 2.23. The van der Waals surface area contributed by atoms with Crippen LogP contribution in [0, 0.1) is 10.1 Å². The van der Waals surface area contributed by atoms with Gasteiger partial charge in [0.15, 0.2) is 11.2 Å². The number of nitro groups is 1. The number of nitrogens with zero attached hydrogens (tertiary/aromatic N) is 5. The molecule has 28 heavy (non-hydrogen) atoms. The molecule has 1 atom stereocenters. The molecule has 2 aromatic heterocycles. The Morgan fingerprint density at radius 3 is 2.61 bits per heavy atom. The van der Waals surface area contributed by atoms with Crippen LogP contribution in [0.25, 0.3) is 11.2 Å². The van der Waals surface area contributed by atoms with Crippen molar-refractivity contribution in [2.24, 2.45) is 14.1 Å². The topological polar surface area (TPSA) is 134 Å². The average Bonchev–Trinajstić information content (AvgIpc) is 3.10. The van der Waals surface area contributed by atoms with Crippen LogP contribution in [-0.4, -0.2) is 29.5 Å². The molecule has 0 aliphatic carbocycles. The molecule has 12 heteroatoms. The minimum Gasteiger partial charge on any atom is -0.323 e. The fourth-order valence-electron chi connectivity index (χ4n) is 2.74. The maximum atomic E-state index is 12.7. The van der Waals surface area contributed by atoms with Crippen LogP contribution >= 0.6 is 11.6 Å². The molecule has 0 aliphatic rings. The number of imidazole rings is 1. The zero-order valence-electron chi connectivity index (χ0n) is 15.0. The summed E-state index contributed by atoms with van der Waals surface area (Å²) in [6.07, 6.45) is 1.28. The lowest BCUT2D eigenvalue weighted by Gasteiger charge is -2.15. The zero-order valence-corrected chi connectivity index (χ0v) is 15.8. The van der Waals surface area contributed by atoms with Crippen molar-refractivity contribution >= 4 is 40.0 Å². The van der Waals surface area contributed by atoms with Crippen molar-refractivity contribution in [3.8, 4) is 0 Å². The number of carbonyl (C=O) groups is 1. The van der Waals surface area contributed by atoms with Gasteiger partial charge in [-0.05, 0) is 13.0 Å². The number of amides is 1. The van der Waals surface area contributed by atoms with Crippen molar-refractivity contribution in [1.29, 1.82) is 0 Å². The number of hydrogen-bond donors (Lipinski definition) is 1. The summed E-state index contributed by atoms with van der Waals surface area (Å²) in [6, 6.07) is 2.75. The molecule has 0 radical (unpaired) electrons. The van der Waals surface area contributed by atoms with Gasteiger partial charge in [-0.15, -0.1) is 0 Å². The number of fused-ring (bicyclic) bond motifs is 1. The molecule has 0 fully saturated rings. The molecule has 11 nitrogen and oxygen atoms in total. The minimum atomic E-state index is -0.912. The monoisotopic (exact) mass is 406 g/mol. The molecular formula is C16H15ClN6O5. The van der Waals surface area contributed by atoms with Crippen LogP contribution in [0.5, 0.6) is 0 Å². The van der Waals surface area contributed by atoms with Crippen LogP contribution in [-0.2, 0) is 18.9 Å². The Balaban J connectivity index is 2.02. The highest BCUT2D eigenvalue weighted by molar-refractivity contribution is 6.33. The van der Waals surface area contributed by atoms with E-state index in [9.17, 15) is 24.5 Å². The second-order valence-electron chi connectivity index (χ2n) is 6.12. The van der Waals surface area contributed by atoms with E-state index >= 15 is 0 Å². The van der Waals surface area contributed by atoms with E-state index in [1.165, 1.54) is 48.6 Å². The summed E-state index contributed by atoms with van der Waals surface area (Å²) in [5.41, 5.74) is -1.08. The van der Waals surface area contributed by atoms with Crippen LogP contribution in [0.2, 0.25) is 5.02 Å². The molecule has 0 saturated carbocycles. The number of nitrogens with one attached hydrogen (secondary N) is 1. The summed E-state index contributed by atoms with van der Waals surface area (Å²) < 4.78 is 3.45. The summed E-state index contributed by atoms with van der Waals surface area (Å²) in [7, 11) is 2.80. The first-order valence-corrected chi connectivity index (χ1v) is 8.38. The van der Waals surface area contributed by atoms with Gasteiger partial charge < -0.3 is 9.88 Å². The molecule has 0 bridgehead atoms. The van der Waals surface area contributed by atoms with Crippen molar-refractivity contribution in [2.45, 2.75) is 13.0 Å². The number of nitro benzene ring substituents is 1. The number of halogens is 1. The van der Waals surface area contributed by atoms with Crippen LogP contribution in [0.15, 0.2) is 34.1 Å². The predicted octanol–water partition coefficient (Wildman–Crippen LogP) is 1.19. The smallest absolute Gasteiger partial charge is 0.323 e. The first-order chi connectivity index (χ1) is 13.1. The predicted molar refractivity (Wildman–Crippen MR) is 102 cm³/mol. The van der Waals surface area contributed by atoms with Crippen LogP contribution in [0.4, 0.5) is 11.4 Å². The molecular weight excluding hydrogens is 392 g/mol. The molecule has 3 rings (SSSR count). The van der Waals surface area contributed by atoms with Gasteiger partial charge >= 0.3 is 5.69 Å². The third kappa shape index (κ3) is 3.05. The number of benzene rings is 1. The van der Waals surface area contributed by atoms with Gasteiger partial charge in [0, 0.05) is 26.2 Å². The van der Waals surface area contributed by atoms with Crippen LogP contribution in [0.3, 0.4) is 0 Å². The standard InChI is InChI=1S/C16H15ClN6O5/c1-8(14(24)19-11-6-9(23(27)28)4-5-10(11)17)22-7-18-13-12(22)15(25)21(3)16(26)20(13)2/h4-8H,1-3H3,(H,19,24). The molecule has 1 aromatic carbocycles. The van der Waals surface area contributed by atoms with Gasteiger partial charge in [-0.2, -0.15) is 0 Å². The van der Waals surface area contributed by atoms with E-state index in [0.717, 1.165) is 10.6 Å². The fraction of sp³-hybridized carbons (Fsp3) is 0.250. The van der Waals surface area contributed by atoms with E-state index in [1.807, 2.05) is 0 Å². The summed E-state index contributed by atoms with van der Waals surface area (Å²) in [5.74, 6) is -0.572. The van der Waals surface area contributed by atoms with Gasteiger partial charge in [0.2, 0.25) is 5.91 Å². The highest BCUT2D eigenvalue weighted by atomic mass is 35.5. The number of non-ortho nitro benzene ring substituents is 1. The fourth-order valence-corrected chi connectivity index (χ4v) is 2.91. The molecule has 1 unspecified atom stereocenters. The van der Waals surface area contributed by atoms with Gasteiger partial charge in [0.05, 0.1) is 22.0 Å². The van der Waals surface area contributed by atoms with Crippen molar-refractivity contribution in [3.63, 3.8) is 0 Å². The number of aromatic nitrogens is 4. The molecule has 0 spiro atoms. The van der Waals surface area contributed by atoms with E-state index in [-0.39, 0.29) is 27.6 Å². The van der Waals surface area contributed by atoms with E-state index in [2.05, 4.69) is 10.3 Å². The van der Waals surface area contributed by atoms with E-state index in [4.69, 9.17) is 11.6 Å². The second-order valence-corrected chi connectivity index (χ2v) is 6.52. The number of hydrogen-bond acceptors (Lipinski definition) is 6. The first kappa shape index (κ1) is 19.3. The Morgan fingerprint density at radius 2 is 1.96 bits per heavy atom. The number of rotatable bonds is 4. The Hall–Kier alpha value is -3.47. The molecule has 1 amide bonds. The molecule has 3 aromatic rings. The summed E-state index contributed by atoms with van der Waals surface area (Å²) in [4.78, 5) is 51.6. The third-order valence-electron chi connectivity index (χ3n) is 4.39. The maximum absolute atomic E-state index is 12.7. The van der Waals surface area contributed by atoms with Crippen molar-refractivity contribution in [2.75, 3.05) is 5.32 Å². The van der Waals surface area contributed by atoms with Gasteiger partial charge in [0.25, 0.3) is 11.2 Å². The Labute approximate surface area is 161 Å². The highest BCUT2D eigenvalue weighted by Crippen LogP contribution is 2.27. The molecule has 0 saturated heterocycles. The third-order valence-corrected chi connectivity index (χ3v) is 4.72. The summed E-state index contributed by atoms with van der Waals surface area (Å²) in [5, 5.41) is 13.6. The van der Waals surface area contributed by atoms with Crippen molar-refractivity contribution in [3.05, 3.63) is 60.5 Å². The molecule has 146 valence electrons. The van der Waals surface area contributed by atoms with Gasteiger partial charge in [0.1, 0.15) is 6.04 Å². The van der Waals surface area contributed by atoms with Crippen molar-refractivity contribution in [1.82, 2.24) is 18.7 Å². The zero-order chi connectivity index (χ0) is 20.7. The lowest BCUT2D eigenvalue weighted by molar-refractivity contribution is -0.384. The Morgan fingerprint density at radius 1 is 1.29 bits per heavy atom. The first-order valence-electron chi connectivity index (χ1n) is 8.00. The number of anilines is 1. The van der Waals surface area contributed by atoms with Gasteiger partial charge in [-0.25, -0.2) is 9.78 Å². The molecule has 0 aliphatic heterocycles. The van der Waals surface area contributed by atoms with Gasteiger partial charge in [-0.1, -0.05) is 11.6 Å². The number of carbonyl (C=O) groups excluding carboxylic acids is 1. The largest absolute Gasteiger partial charge is 0.332 e. The second kappa shape index (κ2) is 6.93. The quantitative estimate of drug-likeness (QED) is 0.511. The van der Waals surface area contributed by atoms with E-state index < -0.39 is 28.1 Å². The Kier molecular flexibility index (Phi) is 4.77. The van der Waals surface area contributed by atoms with Crippen LogP contribution in [0.1, 0.15) is 13.0 Å². The SMILES string of the molecule is CC(C(=O)Nc1cc([N+](=O)[O-])ccc1Cl)n1cnc2c1c(=O)n(C)c(=O)n2C. The van der Waals surface area contributed by atoms with Gasteiger partial charge in [-0.3, -0.25) is 28.8 Å². The van der Waals surface area contributed by atoms with Crippen LogP contribution < -0.4 is 16.6 Å². The van der Waals surface area contributed by atoms with Crippen molar-refractivity contribution < 1.29 is 9.72 Å². The lowest BCUT2D eigenvalue weighted by Crippen LogP contribution is -2.38. The summed E-state index contributed by atoms with van der Waals surface area (Å²) >= 11 is 6.01. The maximum Gasteiger partial charge on any atom is 0.332 e. The normalized spacial score (nSPS) is 12.1. The average molecular weight is 407 g/mol. The Bertz CT molecular complexity index is 1240. The van der Waals surface area contributed by atoms with E-state index in [0.29, 0.717) is 0 Å². The number of aryl methyl sites for hydroxylation is 1. The molecule has 1 N–H and O–H groups in total. The minimum absolute atomic E-state index is 0.0671.